The van der Waals surface area contributed by atoms with Crippen LogP contribution in [0.5, 0.6) is 5.75 Å². The lowest BCUT2D eigenvalue weighted by Gasteiger charge is -2.20. The first-order valence-corrected chi connectivity index (χ1v) is 5.56. The molecule has 5 heteroatoms. The summed E-state index contributed by atoms with van der Waals surface area (Å²) in [5, 5.41) is 0. The van der Waals surface area contributed by atoms with Gasteiger partial charge in [-0.25, -0.2) is 0 Å². The molecule has 0 aromatic heterocycles. The van der Waals surface area contributed by atoms with E-state index in [2.05, 4.69) is 5.92 Å². The Labute approximate surface area is 102 Å². The molecule has 1 aromatic carbocycles. The summed E-state index contributed by atoms with van der Waals surface area (Å²) >= 11 is -0.163. The quantitative estimate of drug-likeness (QED) is 0.598. The first-order valence-electron chi connectivity index (χ1n) is 4.74. The number of halogens is 3. The molecule has 0 heterocycles. The van der Waals surface area contributed by atoms with E-state index in [1.165, 1.54) is 24.3 Å². The van der Waals surface area contributed by atoms with Crippen molar-refractivity contribution < 1.29 is 17.9 Å². The van der Waals surface area contributed by atoms with Gasteiger partial charge in [-0.15, -0.1) is 6.42 Å². The molecule has 1 nitrogen and oxygen atoms in total. The molecule has 0 saturated heterocycles. The van der Waals surface area contributed by atoms with E-state index in [1.807, 2.05) is 0 Å². The first kappa shape index (κ1) is 13.8. The van der Waals surface area contributed by atoms with Crippen LogP contribution in [-0.2, 0) is 0 Å². The van der Waals surface area contributed by atoms with Gasteiger partial charge in [0.05, 0.1) is 0 Å². The van der Waals surface area contributed by atoms with Crippen LogP contribution in [-0.4, -0.2) is 11.1 Å². The molecule has 0 spiro atoms. The van der Waals surface area contributed by atoms with Gasteiger partial charge in [0, 0.05) is 4.90 Å². The van der Waals surface area contributed by atoms with Crippen LogP contribution in [0, 0.1) is 12.3 Å². The fourth-order valence-corrected chi connectivity index (χ4v) is 1.57. The molecule has 0 fully saturated rings. The molecule has 0 unspecified atom stereocenters. The van der Waals surface area contributed by atoms with Crippen LogP contribution in [0.25, 0.3) is 0 Å². The Morgan fingerprint density at radius 1 is 1.18 bits per heavy atom. The molecule has 0 aliphatic rings. The Balaban J connectivity index is 2.73. The molecular weight excluding hydrogens is 249 g/mol. The molecule has 0 atom stereocenters. The lowest BCUT2D eigenvalue weighted by atomic mass is 10.1. The zero-order valence-electron chi connectivity index (χ0n) is 9.34. The Bertz CT molecular complexity index is 415. The van der Waals surface area contributed by atoms with E-state index in [4.69, 9.17) is 11.2 Å². The van der Waals surface area contributed by atoms with Crippen LogP contribution in [0.1, 0.15) is 13.8 Å². The minimum atomic E-state index is -4.28. The zero-order valence-corrected chi connectivity index (χ0v) is 10.2. The largest absolute Gasteiger partial charge is 0.475 e. The highest BCUT2D eigenvalue weighted by atomic mass is 32.2. The second kappa shape index (κ2) is 4.92. The van der Waals surface area contributed by atoms with Crippen molar-refractivity contribution in [1.29, 1.82) is 0 Å². The van der Waals surface area contributed by atoms with Crippen molar-refractivity contribution in [3.63, 3.8) is 0 Å². The van der Waals surface area contributed by atoms with E-state index in [1.54, 1.807) is 13.8 Å². The molecule has 1 aromatic rings. The molecule has 0 aliphatic carbocycles. The van der Waals surface area contributed by atoms with E-state index >= 15 is 0 Å². The van der Waals surface area contributed by atoms with E-state index in [0.29, 0.717) is 5.75 Å². The second-order valence-electron chi connectivity index (χ2n) is 3.78. The van der Waals surface area contributed by atoms with Crippen LogP contribution >= 0.6 is 11.8 Å². The summed E-state index contributed by atoms with van der Waals surface area (Å²) in [6, 6.07) is 5.63. The Kier molecular flexibility index (Phi) is 3.99. The summed E-state index contributed by atoms with van der Waals surface area (Å²) < 4.78 is 41.6. The molecule has 0 saturated carbocycles. The van der Waals surface area contributed by atoms with Crippen molar-refractivity contribution in [2.24, 2.45) is 0 Å². The summed E-state index contributed by atoms with van der Waals surface area (Å²) in [6.45, 7) is 3.40. The minimum absolute atomic E-state index is 0.114. The van der Waals surface area contributed by atoms with Gasteiger partial charge < -0.3 is 4.74 Å². The Morgan fingerprint density at radius 2 is 1.71 bits per heavy atom. The highest BCUT2D eigenvalue weighted by molar-refractivity contribution is 8.00. The van der Waals surface area contributed by atoms with Gasteiger partial charge in [-0.05, 0) is 49.9 Å². The van der Waals surface area contributed by atoms with Crippen LogP contribution in [0.3, 0.4) is 0 Å². The van der Waals surface area contributed by atoms with E-state index in [0.717, 1.165) is 0 Å². The molecule has 17 heavy (non-hydrogen) atoms. The highest BCUT2D eigenvalue weighted by Crippen LogP contribution is 2.37. The van der Waals surface area contributed by atoms with Crippen molar-refractivity contribution >= 4 is 11.8 Å². The molecule has 0 N–H and O–H groups in total. The smallest absolute Gasteiger partial charge is 0.446 e. The number of rotatable bonds is 3. The number of ether oxygens (including phenoxy) is 1. The van der Waals surface area contributed by atoms with E-state index in [9.17, 15) is 13.2 Å². The van der Waals surface area contributed by atoms with Crippen molar-refractivity contribution in [3.05, 3.63) is 24.3 Å². The maximum Gasteiger partial charge on any atom is 0.446 e. The number of hydrogen-bond donors (Lipinski definition) is 0. The van der Waals surface area contributed by atoms with Crippen molar-refractivity contribution in [2.75, 3.05) is 0 Å². The average molecular weight is 260 g/mol. The normalized spacial score (nSPS) is 12.0. The summed E-state index contributed by atoms with van der Waals surface area (Å²) in [7, 11) is 0. The topological polar surface area (TPSA) is 9.23 Å². The first-order chi connectivity index (χ1) is 7.72. The van der Waals surface area contributed by atoms with Gasteiger partial charge in [0.2, 0.25) is 0 Å². The van der Waals surface area contributed by atoms with Crippen LogP contribution in [0.2, 0.25) is 0 Å². The van der Waals surface area contributed by atoms with Gasteiger partial charge in [0.25, 0.3) is 0 Å². The van der Waals surface area contributed by atoms with E-state index < -0.39 is 11.1 Å². The average Bonchev–Trinajstić information content (AvgIpc) is 2.19. The number of alkyl halides is 3. The third-order valence-corrected chi connectivity index (χ3v) is 2.52. The lowest BCUT2D eigenvalue weighted by Crippen LogP contribution is -2.25. The van der Waals surface area contributed by atoms with Crippen LogP contribution in [0.4, 0.5) is 13.2 Å². The van der Waals surface area contributed by atoms with E-state index in [-0.39, 0.29) is 16.7 Å². The van der Waals surface area contributed by atoms with Crippen LogP contribution < -0.4 is 4.74 Å². The zero-order chi connectivity index (χ0) is 13.1. The molecular formula is C12H11F3OS. The van der Waals surface area contributed by atoms with Gasteiger partial charge in [0.15, 0.2) is 5.60 Å². The van der Waals surface area contributed by atoms with Gasteiger partial charge in [-0.1, -0.05) is 5.92 Å². The van der Waals surface area contributed by atoms with Gasteiger partial charge in [0.1, 0.15) is 5.75 Å². The molecule has 1 rings (SSSR count). The van der Waals surface area contributed by atoms with Crippen molar-refractivity contribution in [3.8, 4) is 18.1 Å². The molecule has 92 valence electrons. The maximum atomic E-state index is 12.1. The fourth-order valence-electron chi connectivity index (χ4n) is 1.03. The third-order valence-electron chi connectivity index (χ3n) is 1.78. The molecule has 0 radical (unpaired) electrons. The highest BCUT2D eigenvalue weighted by Gasteiger charge is 2.29. The van der Waals surface area contributed by atoms with Gasteiger partial charge in [-0.3, -0.25) is 0 Å². The summed E-state index contributed by atoms with van der Waals surface area (Å²) in [6.07, 6.45) is 5.24. The summed E-state index contributed by atoms with van der Waals surface area (Å²) in [5.41, 5.74) is -5.06. The SMILES string of the molecule is C#CC(C)(C)Oc1ccc(SC(F)(F)F)cc1. The summed E-state index contributed by atoms with van der Waals surface area (Å²) in [4.78, 5) is 0.114. The number of benzene rings is 1. The van der Waals surface area contributed by atoms with Gasteiger partial charge >= 0.3 is 5.51 Å². The van der Waals surface area contributed by atoms with Crippen molar-refractivity contribution in [2.45, 2.75) is 29.9 Å². The predicted molar refractivity (Wildman–Crippen MR) is 61.9 cm³/mol. The Morgan fingerprint density at radius 3 is 2.12 bits per heavy atom. The third kappa shape index (κ3) is 5.05. The lowest BCUT2D eigenvalue weighted by molar-refractivity contribution is -0.0328. The molecule has 0 bridgehead atoms. The second-order valence-corrected chi connectivity index (χ2v) is 4.91. The Hall–Kier alpha value is -1.28. The molecule has 0 amide bonds. The maximum absolute atomic E-state index is 12.1. The fraction of sp³-hybridized carbons (Fsp3) is 0.333. The molecule has 0 aliphatic heterocycles. The van der Waals surface area contributed by atoms with Crippen molar-refractivity contribution in [1.82, 2.24) is 0 Å². The number of hydrogen-bond acceptors (Lipinski definition) is 2. The standard InChI is InChI=1S/C12H11F3OS/c1-4-11(2,3)16-9-5-7-10(8-6-9)17-12(13,14)15/h1,5-8H,2-3H3. The number of thioether (sulfide) groups is 1. The minimum Gasteiger partial charge on any atom is -0.475 e. The predicted octanol–water partition coefficient (Wildman–Crippen LogP) is 4.09. The van der Waals surface area contributed by atoms with Gasteiger partial charge in [-0.2, -0.15) is 13.2 Å². The number of terminal acetylenes is 1. The summed E-state index contributed by atoms with van der Waals surface area (Å²) in [5.74, 6) is 2.88. The van der Waals surface area contributed by atoms with Crippen LogP contribution in [0.15, 0.2) is 29.2 Å². The monoisotopic (exact) mass is 260 g/mol.